The lowest BCUT2D eigenvalue weighted by molar-refractivity contribution is -0.384. The molecule has 0 bridgehead atoms. The molecular weight excluding hydrogens is 226 g/mol. The Kier molecular flexibility index (Phi) is 3.95. The molecule has 0 aromatic heterocycles. The van der Waals surface area contributed by atoms with Crippen molar-refractivity contribution in [3.8, 4) is 11.8 Å². The highest BCUT2D eigenvalue weighted by Gasteiger charge is 2.08. The van der Waals surface area contributed by atoms with Gasteiger partial charge in [-0.2, -0.15) is 0 Å². The Balaban J connectivity index is 3.18. The van der Waals surface area contributed by atoms with Crippen molar-refractivity contribution in [3.05, 3.63) is 39.4 Å². The van der Waals surface area contributed by atoms with E-state index in [2.05, 4.69) is 16.6 Å². The number of carbonyl (C=O) groups is 2. The first-order valence-electron chi connectivity index (χ1n) is 4.41. The molecule has 0 amide bonds. The van der Waals surface area contributed by atoms with Crippen molar-refractivity contribution < 1.29 is 19.2 Å². The van der Waals surface area contributed by atoms with Gasteiger partial charge in [-0.25, -0.2) is 4.79 Å². The van der Waals surface area contributed by atoms with E-state index in [-0.39, 0.29) is 16.8 Å². The molecule has 0 heterocycles. The van der Waals surface area contributed by atoms with Gasteiger partial charge in [0.05, 0.1) is 12.0 Å². The zero-order valence-corrected chi connectivity index (χ0v) is 8.80. The topological polar surface area (TPSA) is 86.5 Å². The monoisotopic (exact) mass is 233 g/mol. The van der Waals surface area contributed by atoms with Gasteiger partial charge in [-0.05, 0) is 6.07 Å². The Morgan fingerprint density at radius 3 is 2.71 bits per heavy atom. The van der Waals surface area contributed by atoms with Crippen molar-refractivity contribution in [3.63, 3.8) is 0 Å². The molecule has 0 aliphatic carbocycles. The Bertz CT molecular complexity index is 539. The van der Waals surface area contributed by atoms with Crippen LogP contribution in [0, 0.1) is 22.0 Å². The van der Waals surface area contributed by atoms with Crippen molar-refractivity contribution in [1.82, 2.24) is 0 Å². The zero-order chi connectivity index (χ0) is 12.8. The minimum atomic E-state index is -0.760. The van der Waals surface area contributed by atoms with Crippen LogP contribution in [0.2, 0.25) is 0 Å². The molecule has 0 saturated carbocycles. The Morgan fingerprint density at radius 1 is 1.47 bits per heavy atom. The van der Waals surface area contributed by atoms with Crippen LogP contribution in [0.4, 0.5) is 5.69 Å². The summed E-state index contributed by atoms with van der Waals surface area (Å²) < 4.78 is 4.29. The molecule has 86 valence electrons. The summed E-state index contributed by atoms with van der Waals surface area (Å²) >= 11 is 0. The highest BCUT2D eigenvalue weighted by molar-refractivity contribution is 5.89. The van der Waals surface area contributed by atoms with Gasteiger partial charge >= 0.3 is 5.97 Å². The van der Waals surface area contributed by atoms with Gasteiger partial charge in [0.1, 0.15) is 6.29 Å². The number of methoxy groups -OCH3 is 1. The summed E-state index contributed by atoms with van der Waals surface area (Å²) in [6, 6.07) is 3.63. The Labute approximate surface area is 96.3 Å². The van der Waals surface area contributed by atoms with Crippen molar-refractivity contribution in [1.29, 1.82) is 0 Å². The molecule has 6 nitrogen and oxygen atoms in total. The maximum absolute atomic E-state index is 10.8. The van der Waals surface area contributed by atoms with Crippen LogP contribution in [-0.4, -0.2) is 24.3 Å². The van der Waals surface area contributed by atoms with E-state index in [1.54, 1.807) is 0 Å². The first-order valence-corrected chi connectivity index (χ1v) is 4.41. The highest BCUT2D eigenvalue weighted by atomic mass is 16.6. The average Bonchev–Trinajstić information content (AvgIpc) is 2.35. The summed E-state index contributed by atoms with van der Waals surface area (Å²) in [5.74, 6) is 3.73. The van der Waals surface area contributed by atoms with Crippen LogP contribution in [0.25, 0.3) is 0 Å². The van der Waals surface area contributed by atoms with Gasteiger partial charge in [0.25, 0.3) is 5.69 Å². The lowest BCUT2D eigenvalue weighted by atomic mass is 10.1. The van der Waals surface area contributed by atoms with Gasteiger partial charge in [-0.3, -0.25) is 14.9 Å². The number of non-ortho nitro benzene ring substituents is 1. The summed E-state index contributed by atoms with van der Waals surface area (Å²) in [7, 11) is 1.17. The standard InChI is InChI=1S/C11H7NO5/c1-17-11(14)3-2-8-4-9(7-13)6-10(5-8)12(15)16/h4-7H,1H3. The fraction of sp³-hybridized carbons (Fsp3) is 0.0909. The van der Waals surface area contributed by atoms with E-state index in [1.165, 1.54) is 19.2 Å². The zero-order valence-electron chi connectivity index (χ0n) is 8.80. The van der Waals surface area contributed by atoms with Gasteiger partial charge in [0, 0.05) is 29.2 Å². The van der Waals surface area contributed by atoms with Crippen molar-refractivity contribution in [2.45, 2.75) is 0 Å². The summed E-state index contributed by atoms with van der Waals surface area (Å²) in [5.41, 5.74) is 0.0591. The van der Waals surface area contributed by atoms with Gasteiger partial charge < -0.3 is 4.74 Å². The SMILES string of the molecule is COC(=O)C#Cc1cc(C=O)cc([N+](=O)[O-])c1. The number of aldehydes is 1. The average molecular weight is 233 g/mol. The van der Waals surface area contributed by atoms with E-state index in [9.17, 15) is 19.7 Å². The van der Waals surface area contributed by atoms with Gasteiger partial charge in [-0.1, -0.05) is 5.92 Å². The molecule has 0 saturated heterocycles. The Hall–Kier alpha value is -2.68. The highest BCUT2D eigenvalue weighted by Crippen LogP contribution is 2.15. The van der Waals surface area contributed by atoms with Crippen LogP contribution >= 0.6 is 0 Å². The van der Waals surface area contributed by atoms with Gasteiger partial charge in [-0.15, -0.1) is 0 Å². The fourth-order valence-corrected chi connectivity index (χ4v) is 1.05. The summed E-state index contributed by atoms with van der Waals surface area (Å²) in [4.78, 5) is 31.2. The molecule has 1 aromatic rings. The number of benzene rings is 1. The van der Waals surface area contributed by atoms with E-state index in [0.717, 1.165) is 6.07 Å². The van der Waals surface area contributed by atoms with E-state index in [4.69, 9.17) is 0 Å². The third-order valence-electron chi connectivity index (χ3n) is 1.78. The third-order valence-corrected chi connectivity index (χ3v) is 1.78. The number of nitro groups is 1. The van der Waals surface area contributed by atoms with E-state index in [0.29, 0.717) is 6.29 Å². The number of hydrogen-bond donors (Lipinski definition) is 0. The van der Waals surface area contributed by atoms with E-state index in [1.807, 2.05) is 0 Å². The number of ether oxygens (including phenoxy) is 1. The Morgan fingerprint density at radius 2 is 2.18 bits per heavy atom. The van der Waals surface area contributed by atoms with Crippen LogP contribution in [0.15, 0.2) is 18.2 Å². The largest absolute Gasteiger partial charge is 0.459 e. The van der Waals surface area contributed by atoms with Gasteiger partial charge in [0.2, 0.25) is 0 Å². The van der Waals surface area contributed by atoms with Crippen LogP contribution < -0.4 is 0 Å². The molecule has 1 rings (SSSR count). The molecule has 0 aliphatic heterocycles. The number of carbonyl (C=O) groups excluding carboxylic acids is 2. The van der Waals surface area contributed by atoms with Crippen LogP contribution in [0.1, 0.15) is 15.9 Å². The number of nitrogens with zero attached hydrogens (tertiary/aromatic N) is 1. The second kappa shape index (κ2) is 5.42. The number of esters is 1. The predicted molar refractivity (Wildman–Crippen MR) is 57.4 cm³/mol. The minimum Gasteiger partial charge on any atom is -0.459 e. The van der Waals surface area contributed by atoms with E-state index >= 15 is 0 Å². The van der Waals surface area contributed by atoms with Crippen molar-refractivity contribution >= 4 is 17.9 Å². The summed E-state index contributed by atoms with van der Waals surface area (Å²) in [6.07, 6.45) is 0.469. The molecule has 6 heteroatoms. The molecule has 0 unspecified atom stereocenters. The normalized spacial score (nSPS) is 8.76. The minimum absolute atomic E-state index is 0.119. The van der Waals surface area contributed by atoms with Crippen LogP contribution in [0.5, 0.6) is 0 Å². The van der Waals surface area contributed by atoms with E-state index < -0.39 is 10.9 Å². The summed E-state index contributed by atoms with van der Waals surface area (Å²) in [5, 5.41) is 10.6. The maximum Gasteiger partial charge on any atom is 0.384 e. The quantitative estimate of drug-likeness (QED) is 0.249. The molecule has 0 fully saturated rings. The first kappa shape index (κ1) is 12.4. The van der Waals surface area contributed by atoms with Crippen molar-refractivity contribution in [2.24, 2.45) is 0 Å². The summed E-state index contributed by atoms with van der Waals surface area (Å²) in [6.45, 7) is 0. The number of nitro benzene ring substituents is 1. The molecule has 0 aliphatic rings. The molecule has 0 atom stereocenters. The third kappa shape index (κ3) is 3.43. The fourth-order valence-electron chi connectivity index (χ4n) is 1.05. The van der Waals surface area contributed by atoms with Gasteiger partial charge in [0.15, 0.2) is 0 Å². The number of rotatable bonds is 2. The van der Waals surface area contributed by atoms with Crippen LogP contribution in [0.3, 0.4) is 0 Å². The number of hydrogen-bond acceptors (Lipinski definition) is 5. The lowest BCUT2D eigenvalue weighted by Crippen LogP contribution is -1.95. The molecule has 17 heavy (non-hydrogen) atoms. The first-order chi connectivity index (χ1) is 8.06. The molecule has 0 radical (unpaired) electrons. The molecule has 0 N–H and O–H groups in total. The molecule has 0 spiro atoms. The lowest BCUT2D eigenvalue weighted by Gasteiger charge is -1.95. The van der Waals surface area contributed by atoms with Crippen LogP contribution in [-0.2, 0) is 9.53 Å². The second-order valence-corrected chi connectivity index (χ2v) is 2.93. The second-order valence-electron chi connectivity index (χ2n) is 2.93. The predicted octanol–water partition coefficient (Wildman–Crippen LogP) is 0.932. The maximum atomic E-state index is 10.8. The van der Waals surface area contributed by atoms with Crippen molar-refractivity contribution in [2.75, 3.05) is 7.11 Å². The molecular formula is C11H7NO5. The molecule has 1 aromatic carbocycles. The smallest absolute Gasteiger partial charge is 0.384 e.